The Labute approximate surface area is 55.2 Å². The molecule has 0 saturated heterocycles. The van der Waals surface area contributed by atoms with E-state index in [2.05, 4.69) is 0 Å². The van der Waals surface area contributed by atoms with Crippen LogP contribution in [-0.2, 0) is 9.53 Å². The summed E-state index contributed by atoms with van der Waals surface area (Å²) in [6.45, 7) is 0.756. The third-order valence-electron chi connectivity index (χ3n) is 1.75. The summed E-state index contributed by atoms with van der Waals surface area (Å²) in [4.78, 5) is 10.7. The number of rotatable bonds is 2. The molecule has 1 atom stereocenters. The first-order valence-corrected chi connectivity index (χ1v) is 3.33. The Morgan fingerprint density at radius 2 is 2.56 bits per heavy atom. The number of Topliss-reactive ketones (excluding diaryl/α,β-unsaturated/α-hetero) is 1. The summed E-state index contributed by atoms with van der Waals surface area (Å²) in [5.74, 6) is 0.916. The largest absolute Gasteiger partial charge is 0.384 e. The summed E-state index contributed by atoms with van der Waals surface area (Å²) in [6.07, 6.45) is 2.55. The lowest BCUT2D eigenvalue weighted by Gasteiger charge is -2.03. The van der Waals surface area contributed by atoms with E-state index in [1.165, 1.54) is 0 Å². The van der Waals surface area contributed by atoms with Crippen LogP contribution >= 0.6 is 0 Å². The molecule has 0 amide bonds. The van der Waals surface area contributed by atoms with Crippen molar-refractivity contribution in [2.24, 2.45) is 5.92 Å². The second-order valence-electron chi connectivity index (χ2n) is 2.60. The molecule has 52 valence electrons. The van der Waals surface area contributed by atoms with Gasteiger partial charge in [-0.05, 0) is 12.3 Å². The van der Waals surface area contributed by atoms with Crippen molar-refractivity contribution in [2.75, 3.05) is 13.7 Å². The van der Waals surface area contributed by atoms with E-state index in [9.17, 15) is 4.79 Å². The van der Waals surface area contributed by atoms with Gasteiger partial charge in [-0.2, -0.15) is 0 Å². The number of hydrogen-bond donors (Lipinski definition) is 0. The monoisotopic (exact) mass is 128 g/mol. The minimum Gasteiger partial charge on any atom is -0.384 e. The number of ether oxygens (including phenoxy) is 1. The zero-order chi connectivity index (χ0) is 6.69. The molecule has 1 rings (SSSR count). The van der Waals surface area contributed by atoms with Gasteiger partial charge in [0.2, 0.25) is 0 Å². The molecule has 0 unspecified atom stereocenters. The van der Waals surface area contributed by atoms with Gasteiger partial charge in [0.05, 0.1) is 0 Å². The van der Waals surface area contributed by atoms with Crippen LogP contribution in [0.5, 0.6) is 0 Å². The Kier molecular flexibility index (Phi) is 2.22. The van der Waals surface area contributed by atoms with Crippen LogP contribution in [0.2, 0.25) is 0 Å². The van der Waals surface area contributed by atoms with Gasteiger partial charge in [0.1, 0.15) is 5.78 Å². The molecule has 0 aromatic carbocycles. The van der Waals surface area contributed by atoms with Crippen molar-refractivity contribution in [3.05, 3.63) is 0 Å². The topological polar surface area (TPSA) is 26.3 Å². The van der Waals surface area contributed by atoms with Crippen molar-refractivity contribution < 1.29 is 9.53 Å². The molecule has 2 nitrogen and oxygen atoms in total. The first kappa shape index (κ1) is 6.75. The average molecular weight is 128 g/mol. The normalized spacial score (nSPS) is 27.2. The van der Waals surface area contributed by atoms with E-state index >= 15 is 0 Å². The van der Waals surface area contributed by atoms with Crippen LogP contribution in [0.15, 0.2) is 0 Å². The molecule has 1 aliphatic rings. The first-order valence-electron chi connectivity index (χ1n) is 3.33. The molecule has 0 aromatic heterocycles. The van der Waals surface area contributed by atoms with Crippen molar-refractivity contribution in [1.29, 1.82) is 0 Å². The molecule has 0 bridgehead atoms. The Morgan fingerprint density at radius 1 is 1.78 bits per heavy atom. The second-order valence-corrected chi connectivity index (χ2v) is 2.60. The number of methoxy groups -OCH3 is 1. The van der Waals surface area contributed by atoms with Gasteiger partial charge in [0, 0.05) is 26.6 Å². The van der Waals surface area contributed by atoms with Crippen LogP contribution < -0.4 is 0 Å². The molecule has 0 N–H and O–H groups in total. The summed E-state index contributed by atoms with van der Waals surface area (Å²) in [5.41, 5.74) is 0. The highest BCUT2D eigenvalue weighted by Gasteiger charge is 2.21. The van der Waals surface area contributed by atoms with E-state index in [0.29, 0.717) is 11.7 Å². The summed E-state index contributed by atoms with van der Waals surface area (Å²) in [5, 5.41) is 0. The van der Waals surface area contributed by atoms with Gasteiger partial charge in [-0.3, -0.25) is 4.79 Å². The van der Waals surface area contributed by atoms with Crippen LogP contribution in [-0.4, -0.2) is 19.5 Å². The smallest absolute Gasteiger partial charge is 0.133 e. The van der Waals surface area contributed by atoms with E-state index < -0.39 is 0 Å². The summed E-state index contributed by atoms with van der Waals surface area (Å²) < 4.78 is 4.92. The Morgan fingerprint density at radius 3 is 3.00 bits per heavy atom. The molecule has 0 heterocycles. The fourth-order valence-corrected chi connectivity index (χ4v) is 1.27. The van der Waals surface area contributed by atoms with Crippen molar-refractivity contribution >= 4 is 5.78 Å². The standard InChI is InChI=1S/C7H12O2/c1-9-5-6-2-3-7(8)4-6/h6H,2-5H2,1H3/t6-/m1/s1. The van der Waals surface area contributed by atoms with Gasteiger partial charge in [-0.15, -0.1) is 0 Å². The van der Waals surface area contributed by atoms with Crippen LogP contribution in [0.1, 0.15) is 19.3 Å². The predicted octanol–water partition coefficient (Wildman–Crippen LogP) is 1.00. The van der Waals surface area contributed by atoms with E-state index in [4.69, 9.17) is 4.74 Å². The van der Waals surface area contributed by atoms with Crippen molar-refractivity contribution in [1.82, 2.24) is 0 Å². The highest BCUT2D eigenvalue weighted by molar-refractivity contribution is 5.80. The lowest BCUT2D eigenvalue weighted by Crippen LogP contribution is -2.03. The molecule has 0 spiro atoms. The molecule has 1 fully saturated rings. The molecular formula is C7H12O2. The van der Waals surface area contributed by atoms with Crippen molar-refractivity contribution in [3.63, 3.8) is 0 Å². The number of ketones is 1. The van der Waals surface area contributed by atoms with E-state index in [0.717, 1.165) is 25.9 Å². The summed E-state index contributed by atoms with van der Waals surface area (Å²) in [6, 6.07) is 0. The lowest BCUT2D eigenvalue weighted by molar-refractivity contribution is -0.117. The zero-order valence-corrected chi connectivity index (χ0v) is 5.72. The Hall–Kier alpha value is -0.370. The third-order valence-corrected chi connectivity index (χ3v) is 1.75. The molecule has 1 saturated carbocycles. The molecule has 1 aliphatic carbocycles. The van der Waals surface area contributed by atoms with Gasteiger partial charge in [-0.25, -0.2) is 0 Å². The molecule has 2 heteroatoms. The minimum atomic E-state index is 0.400. The number of hydrogen-bond acceptors (Lipinski definition) is 2. The molecule has 0 aliphatic heterocycles. The lowest BCUT2D eigenvalue weighted by atomic mass is 10.1. The maximum Gasteiger partial charge on any atom is 0.133 e. The Balaban J connectivity index is 2.22. The summed E-state index contributed by atoms with van der Waals surface area (Å²) >= 11 is 0. The van der Waals surface area contributed by atoms with Crippen LogP contribution in [0.3, 0.4) is 0 Å². The van der Waals surface area contributed by atoms with Gasteiger partial charge in [-0.1, -0.05) is 0 Å². The minimum absolute atomic E-state index is 0.400. The molecular weight excluding hydrogens is 116 g/mol. The van der Waals surface area contributed by atoms with Gasteiger partial charge < -0.3 is 4.74 Å². The SMILES string of the molecule is COC[C@@H]1CCC(=O)C1. The van der Waals surface area contributed by atoms with Crippen LogP contribution in [0.4, 0.5) is 0 Å². The third kappa shape index (κ3) is 1.79. The van der Waals surface area contributed by atoms with Gasteiger partial charge in [0.15, 0.2) is 0 Å². The number of carbonyl (C=O) groups excluding carboxylic acids is 1. The first-order chi connectivity index (χ1) is 4.33. The maximum absolute atomic E-state index is 10.7. The predicted molar refractivity (Wildman–Crippen MR) is 34.2 cm³/mol. The summed E-state index contributed by atoms with van der Waals surface area (Å²) in [7, 11) is 1.68. The van der Waals surface area contributed by atoms with Crippen molar-refractivity contribution in [3.8, 4) is 0 Å². The average Bonchev–Trinajstić information content (AvgIpc) is 2.17. The van der Waals surface area contributed by atoms with E-state index in [1.807, 2.05) is 0 Å². The highest BCUT2D eigenvalue weighted by atomic mass is 16.5. The fourth-order valence-electron chi connectivity index (χ4n) is 1.27. The van der Waals surface area contributed by atoms with E-state index in [1.54, 1.807) is 7.11 Å². The Bertz CT molecular complexity index is 109. The number of carbonyl (C=O) groups is 1. The second kappa shape index (κ2) is 2.97. The fraction of sp³-hybridized carbons (Fsp3) is 0.857. The zero-order valence-electron chi connectivity index (χ0n) is 5.72. The molecule has 0 aromatic rings. The van der Waals surface area contributed by atoms with Crippen LogP contribution in [0.25, 0.3) is 0 Å². The van der Waals surface area contributed by atoms with Gasteiger partial charge >= 0.3 is 0 Å². The molecule has 0 radical (unpaired) electrons. The van der Waals surface area contributed by atoms with E-state index in [-0.39, 0.29) is 0 Å². The van der Waals surface area contributed by atoms with Crippen LogP contribution in [0, 0.1) is 5.92 Å². The van der Waals surface area contributed by atoms with Crippen molar-refractivity contribution in [2.45, 2.75) is 19.3 Å². The maximum atomic E-state index is 10.7. The molecule has 9 heavy (non-hydrogen) atoms. The van der Waals surface area contributed by atoms with Gasteiger partial charge in [0.25, 0.3) is 0 Å². The quantitative estimate of drug-likeness (QED) is 0.554. The highest BCUT2D eigenvalue weighted by Crippen LogP contribution is 2.21.